The lowest BCUT2D eigenvalue weighted by atomic mass is 9.77. The lowest BCUT2D eigenvalue weighted by Crippen LogP contribution is -2.44. The third-order valence-electron chi connectivity index (χ3n) is 2.05. The molecule has 0 spiro atoms. The zero-order chi connectivity index (χ0) is 7.61. The predicted octanol–water partition coefficient (Wildman–Crippen LogP) is 0.783. The van der Waals surface area contributed by atoms with Crippen molar-refractivity contribution in [2.75, 3.05) is 7.11 Å². The van der Waals surface area contributed by atoms with Crippen molar-refractivity contribution in [3.05, 3.63) is 0 Å². The highest BCUT2D eigenvalue weighted by Crippen LogP contribution is 2.36. The number of nitrogens with zero attached hydrogens (tertiary/aromatic N) is 1. The number of hydrogen-bond acceptors (Lipinski definition) is 3. The fourth-order valence-electron chi connectivity index (χ4n) is 1.13. The van der Waals surface area contributed by atoms with E-state index in [1.165, 1.54) is 7.11 Å². The maximum Gasteiger partial charge on any atom is 0.333 e. The fraction of sp³-hybridized carbons (Fsp3) is 0.714. The van der Waals surface area contributed by atoms with Gasteiger partial charge in [0, 0.05) is 0 Å². The molecule has 0 saturated heterocycles. The number of ether oxygens (including phenoxy) is 1. The van der Waals surface area contributed by atoms with Gasteiger partial charge >= 0.3 is 5.97 Å². The van der Waals surface area contributed by atoms with Crippen molar-refractivity contribution in [1.82, 2.24) is 0 Å². The first-order chi connectivity index (χ1) is 4.75. The highest BCUT2D eigenvalue weighted by molar-refractivity contribution is 5.82. The Bertz CT molecular complexity index is 161. The minimum Gasteiger partial charge on any atom is -0.467 e. The van der Waals surface area contributed by atoms with Crippen molar-refractivity contribution in [2.45, 2.75) is 24.8 Å². The van der Waals surface area contributed by atoms with Gasteiger partial charge in [-0.1, -0.05) is 0 Å². The lowest BCUT2D eigenvalue weighted by molar-refractivity contribution is -0.150. The van der Waals surface area contributed by atoms with Gasteiger partial charge in [0.05, 0.1) is 7.11 Å². The van der Waals surface area contributed by atoms with Gasteiger partial charge in [-0.3, -0.25) is 4.99 Å². The molecule has 0 radical (unpaired) electrons. The van der Waals surface area contributed by atoms with Crippen LogP contribution in [0.3, 0.4) is 0 Å². The van der Waals surface area contributed by atoms with Crippen LogP contribution in [0.2, 0.25) is 0 Å². The maximum atomic E-state index is 11.0. The van der Waals surface area contributed by atoms with E-state index in [-0.39, 0.29) is 5.97 Å². The molecule has 0 aromatic carbocycles. The van der Waals surface area contributed by atoms with E-state index in [2.05, 4.69) is 16.4 Å². The molecule has 1 saturated carbocycles. The monoisotopic (exact) mass is 141 g/mol. The Hall–Kier alpha value is -0.860. The van der Waals surface area contributed by atoms with E-state index in [0.717, 1.165) is 19.3 Å². The van der Waals surface area contributed by atoms with Gasteiger partial charge in [-0.25, -0.2) is 4.79 Å². The van der Waals surface area contributed by atoms with Crippen LogP contribution >= 0.6 is 0 Å². The normalized spacial score (nSPS) is 20.9. The smallest absolute Gasteiger partial charge is 0.333 e. The summed E-state index contributed by atoms with van der Waals surface area (Å²) in [7, 11) is 1.38. The molecule has 0 bridgehead atoms. The Kier molecular flexibility index (Phi) is 1.74. The van der Waals surface area contributed by atoms with E-state index in [1.54, 1.807) is 0 Å². The van der Waals surface area contributed by atoms with Gasteiger partial charge < -0.3 is 4.74 Å². The predicted molar refractivity (Wildman–Crippen MR) is 38.1 cm³/mol. The molecule has 0 aromatic rings. The van der Waals surface area contributed by atoms with E-state index in [9.17, 15) is 4.79 Å². The van der Waals surface area contributed by atoms with Gasteiger partial charge in [-0.15, -0.1) is 0 Å². The molecule has 0 N–H and O–H groups in total. The van der Waals surface area contributed by atoms with Gasteiger partial charge in [0.15, 0.2) is 5.54 Å². The first-order valence-electron chi connectivity index (χ1n) is 3.31. The minimum atomic E-state index is -0.575. The van der Waals surface area contributed by atoms with Crippen molar-refractivity contribution in [3.8, 4) is 0 Å². The van der Waals surface area contributed by atoms with Crippen LogP contribution < -0.4 is 0 Å². The largest absolute Gasteiger partial charge is 0.467 e. The average Bonchev–Trinajstić information content (AvgIpc) is 1.86. The fourth-order valence-corrected chi connectivity index (χ4v) is 1.13. The van der Waals surface area contributed by atoms with Crippen LogP contribution in [0, 0.1) is 0 Å². The third kappa shape index (κ3) is 0.818. The number of carbonyl (C=O) groups excluding carboxylic acids is 1. The summed E-state index contributed by atoms with van der Waals surface area (Å²) in [4.78, 5) is 14.8. The molecular weight excluding hydrogens is 130 g/mol. The van der Waals surface area contributed by atoms with Gasteiger partial charge in [0.2, 0.25) is 0 Å². The van der Waals surface area contributed by atoms with Gasteiger partial charge in [0.25, 0.3) is 0 Å². The molecule has 0 aliphatic heterocycles. The van der Waals surface area contributed by atoms with Crippen LogP contribution in [0.15, 0.2) is 4.99 Å². The Morgan fingerprint density at radius 2 is 2.30 bits per heavy atom. The molecule has 0 aromatic heterocycles. The van der Waals surface area contributed by atoms with Crippen LogP contribution in [0.4, 0.5) is 0 Å². The summed E-state index contributed by atoms with van der Waals surface area (Å²) in [5.74, 6) is -0.242. The highest BCUT2D eigenvalue weighted by Gasteiger charge is 2.44. The van der Waals surface area contributed by atoms with Crippen LogP contribution in [-0.2, 0) is 9.53 Å². The van der Waals surface area contributed by atoms with Crippen molar-refractivity contribution in [3.63, 3.8) is 0 Å². The van der Waals surface area contributed by atoms with Crippen molar-refractivity contribution >= 4 is 12.7 Å². The maximum absolute atomic E-state index is 11.0. The molecule has 0 unspecified atom stereocenters. The molecule has 56 valence electrons. The molecule has 3 heteroatoms. The van der Waals surface area contributed by atoms with Crippen LogP contribution in [-0.4, -0.2) is 25.3 Å². The summed E-state index contributed by atoms with van der Waals surface area (Å²) in [5.41, 5.74) is -0.575. The molecule has 0 amide bonds. The average molecular weight is 141 g/mol. The zero-order valence-electron chi connectivity index (χ0n) is 6.09. The highest BCUT2D eigenvalue weighted by atomic mass is 16.5. The van der Waals surface area contributed by atoms with Crippen molar-refractivity contribution in [2.24, 2.45) is 4.99 Å². The second-order valence-corrected chi connectivity index (χ2v) is 2.53. The standard InChI is InChI=1S/C7H11NO2/c1-8-7(4-3-5-7)6(9)10-2/h1,3-5H2,2H3. The quantitative estimate of drug-likeness (QED) is 0.421. The second kappa shape index (κ2) is 2.40. The van der Waals surface area contributed by atoms with Gasteiger partial charge in [0.1, 0.15) is 0 Å². The van der Waals surface area contributed by atoms with E-state index in [1.807, 2.05) is 0 Å². The summed E-state index contributed by atoms with van der Waals surface area (Å²) < 4.78 is 4.58. The van der Waals surface area contributed by atoms with Crippen LogP contribution in [0.25, 0.3) is 0 Å². The summed E-state index contributed by atoms with van der Waals surface area (Å²) in [6, 6.07) is 0. The topological polar surface area (TPSA) is 38.7 Å². The number of esters is 1. The molecule has 3 nitrogen and oxygen atoms in total. The molecule has 10 heavy (non-hydrogen) atoms. The number of hydrogen-bond donors (Lipinski definition) is 0. The summed E-state index contributed by atoms with van der Waals surface area (Å²) >= 11 is 0. The molecule has 1 aliphatic rings. The molecule has 1 fully saturated rings. The van der Waals surface area contributed by atoms with Crippen molar-refractivity contribution < 1.29 is 9.53 Å². The van der Waals surface area contributed by atoms with E-state index >= 15 is 0 Å². The van der Waals surface area contributed by atoms with Gasteiger partial charge in [-0.2, -0.15) is 0 Å². The molecular formula is C7H11NO2. The molecule has 1 aliphatic carbocycles. The lowest BCUT2D eigenvalue weighted by Gasteiger charge is -2.34. The summed E-state index contributed by atoms with van der Waals surface area (Å²) in [6.07, 6.45) is 2.64. The Balaban J connectivity index is 2.64. The molecule has 0 heterocycles. The summed E-state index contributed by atoms with van der Waals surface area (Å²) in [6.45, 7) is 3.37. The van der Waals surface area contributed by atoms with E-state index < -0.39 is 5.54 Å². The van der Waals surface area contributed by atoms with E-state index in [0.29, 0.717) is 0 Å². The minimum absolute atomic E-state index is 0.242. The number of aliphatic imine (C=N–C) groups is 1. The van der Waals surface area contributed by atoms with Crippen LogP contribution in [0.1, 0.15) is 19.3 Å². The Labute approximate surface area is 60.1 Å². The molecule has 0 atom stereocenters. The van der Waals surface area contributed by atoms with Crippen molar-refractivity contribution in [1.29, 1.82) is 0 Å². The van der Waals surface area contributed by atoms with Crippen LogP contribution in [0.5, 0.6) is 0 Å². The third-order valence-corrected chi connectivity index (χ3v) is 2.05. The van der Waals surface area contributed by atoms with Gasteiger partial charge in [-0.05, 0) is 26.0 Å². The second-order valence-electron chi connectivity index (χ2n) is 2.53. The Morgan fingerprint density at radius 1 is 1.70 bits per heavy atom. The number of methoxy groups -OCH3 is 1. The Morgan fingerprint density at radius 3 is 2.40 bits per heavy atom. The summed E-state index contributed by atoms with van der Waals surface area (Å²) in [5, 5.41) is 0. The SMILES string of the molecule is C=NC1(C(=O)OC)CCC1. The van der Waals surface area contributed by atoms with E-state index in [4.69, 9.17) is 0 Å². The first-order valence-corrected chi connectivity index (χ1v) is 3.31. The first kappa shape index (κ1) is 7.25. The number of carbonyl (C=O) groups is 1. The number of rotatable bonds is 2. The zero-order valence-corrected chi connectivity index (χ0v) is 6.09. The molecule has 1 rings (SSSR count).